The second kappa shape index (κ2) is 4.70. The summed E-state index contributed by atoms with van der Waals surface area (Å²) in [6, 6.07) is 0. The van der Waals surface area contributed by atoms with E-state index in [1.54, 1.807) is 6.08 Å². The van der Waals surface area contributed by atoms with Crippen molar-refractivity contribution in [1.29, 1.82) is 0 Å². The number of carboxylic acid groups (broad SMARTS) is 1. The number of carbonyl (C=O) groups is 1. The molecule has 13 heavy (non-hydrogen) atoms. The van der Waals surface area contributed by atoms with Crippen molar-refractivity contribution < 1.29 is 9.90 Å². The average molecular weight is 202 g/mol. The molecular weight excluding hydrogens is 184 g/mol. The molecule has 0 aromatic carbocycles. The molecule has 0 aromatic heterocycles. The van der Waals surface area contributed by atoms with Crippen LogP contribution >= 0.6 is 12.6 Å². The van der Waals surface area contributed by atoms with Gasteiger partial charge in [0, 0.05) is 0 Å². The Hall–Kier alpha value is -0.440. The largest absolute Gasteiger partial charge is 0.481 e. The van der Waals surface area contributed by atoms with Crippen LogP contribution in [-0.4, -0.2) is 16.8 Å². The fourth-order valence-electron chi connectivity index (χ4n) is 1.06. The highest BCUT2D eigenvalue weighted by molar-refractivity contribution is 7.80. The van der Waals surface area contributed by atoms with Gasteiger partial charge in [0.05, 0.1) is 5.92 Å². The minimum atomic E-state index is -0.778. The molecule has 76 valence electrons. The highest BCUT2D eigenvalue weighted by atomic mass is 32.1. The number of hydrogen-bond acceptors (Lipinski definition) is 2. The molecule has 0 rings (SSSR count). The first-order valence-electron chi connectivity index (χ1n) is 4.30. The van der Waals surface area contributed by atoms with E-state index >= 15 is 0 Å². The average Bonchev–Trinajstić information content (AvgIpc) is 1.99. The summed E-state index contributed by atoms with van der Waals surface area (Å²) in [6.45, 7) is 7.64. The van der Waals surface area contributed by atoms with E-state index in [0.717, 1.165) is 5.57 Å². The van der Waals surface area contributed by atoms with E-state index in [0.29, 0.717) is 5.75 Å². The van der Waals surface area contributed by atoms with E-state index in [1.165, 1.54) is 0 Å². The molecule has 0 radical (unpaired) electrons. The standard InChI is InChI=1S/C10H18O2S/c1-7(2)5-8(9(11)12)10(3,4)6-13/h5,8,13H,6H2,1-4H3,(H,11,12). The van der Waals surface area contributed by atoms with Gasteiger partial charge in [-0.2, -0.15) is 12.6 Å². The number of carboxylic acids is 1. The van der Waals surface area contributed by atoms with Gasteiger partial charge < -0.3 is 5.11 Å². The Morgan fingerprint density at radius 1 is 1.54 bits per heavy atom. The first-order chi connectivity index (χ1) is 5.81. The number of hydrogen-bond donors (Lipinski definition) is 2. The number of aliphatic carboxylic acids is 1. The first-order valence-corrected chi connectivity index (χ1v) is 4.93. The van der Waals surface area contributed by atoms with Gasteiger partial charge in [-0.1, -0.05) is 25.5 Å². The van der Waals surface area contributed by atoms with Crippen molar-refractivity contribution in [3.05, 3.63) is 11.6 Å². The minimum absolute atomic E-state index is 0.299. The summed E-state index contributed by atoms with van der Waals surface area (Å²) in [5.41, 5.74) is 0.730. The van der Waals surface area contributed by atoms with E-state index in [2.05, 4.69) is 12.6 Å². The van der Waals surface area contributed by atoms with E-state index in [9.17, 15) is 4.79 Å². The van der Waals surface area contributed by atoms with Gasteiger partial charge in [0.25, 0.3) is 0 Å². The molecule has 0 saturated heterocycles. The quantitative estimate of drug-likeness (QED) is 0.543. The molecular formula is C10H18O2S. The summed E-state index contributed by atoms with van der Waals surface area (Å²) in [7, 11) is 0. The van der Waals surface area contributed by atoms with E-state index in [-0.39, 0.29) is 5.41 Å². The van der Waals surface area contributed by atoms with Gasteiger partial charge in [0.2, 0.25) is 0 Å². The van der Waals surface area contributed by atoms with Gasteiger partial charge in [-0.15, -0.1) is 0 Å². The smallest absolute Gasteiger partial charge is 0.310 e. The van der Waals surface area contributed by atoms with Crippen molar-refractivity contribution in [2.45, 2.75) is 27.7 Å². The lowest BCUT2D eigenvalue weighted by Crippen LogP contribution is -2.31. The Kier molecular flexibility index (Phi) is 4.54. The maximum Gasteiger partial charge on any atom is 0.310 e. The Balaban J connectivity index is 4.82. The number of thiol groups is 1. The van der Waals surface area contributed by atoms with Crippen molar-refractivity contribution in [3.63, 3.8) is 0 Å². The van der Waals surface area contributed by atoms with Gasteiger partial charge in [-0.25, -0.2) is 0 Å². The SMILES string of the molecule is CC(C)=CC(C(=O)O)C(C)(C)CS. The van der Waals surface area contributed by atoms with Gasteiger partial charge in [-0.05, 0) is 25.0 Å². The maximum absolute atomic E-state index is 11.0. The number of rotatable bonds is 4. The van der Waals surface area contributed by atoms with Gasteiger partial charge in [0.15, 0.2) is 0 Å². The lowest BCUT2D eigenvalue weighted by Gasteiger charge is -2.27. The van der Waals surface area contributed by atoms with Crippen LogP contribution in [0.3, 0.4) is 0 Å². The molecule has 0 bridgehead atoms. The van der Waals surface area contributed by atoms with Crippen molar-refractivity contribution in [2.24, 2.45) is 11.3 Å². The lowest BCUT2D eigenvalue weighted by molar-refractivity contribution is -0.143. The van der Waals surface area contributed by atoms with E-state index in [4.69, 9.17) is 5.11 Å². The van der Waals surface area contributed by atoms with Crippen molar-refractivity contribution in [2.75, 3.05) is 5.75 Å². The zero-order chi connectivity index (χ0) is 10.6. The van der Waals surface area contributed by atoms with Crippen LogP contribution in [0.25, 0.3) is 0 Å². The second-order valence-electron chi connectivity index (χ2n) is 4.21. The molecule has 0 aliphatic rings. The molecule has 3 heteroatoms. The van der Waals surface area contributed by atoms with Crippen molar-refractivity contribution >= 4 is 18.6 Å². The molecule has 2 nitrogen and oxygen atoms in total. The second-order valence-corrected chi connectivity index (χ2v) is 4.52. The summed E-state index contributed by atoms with van der Waals surface area (Å²) in [6.07, 6.45) is 1.79. The summed E-state index contributed by atoms with van der Waals surface area (Å²) in [5.74, 6) is -0.663. The summed E-state index contributed by atoms with van der Waals surface area (Å²) >= 11 is 4.16. The molecule has 0 heterocycles. The molecule has 0 spiro atoms. The summed E-state index contributed by atoms with van der Waals surface area (Å²) in [4.78, 5) is 11.0. The maximum atomic E-state index is 11.0. The highest BCUT2D eigenvalue weighted by Gasteiger charge is 2.32. The minimum Gasteiger partial charge on any atom is -0.481 e. The van der Waals surface area contributed by atoms with Gasteiger partial charge in [0.1, 0.15) is 0 Å². The van der Waals surface area contributed by atoms with Crippen LogP contribution in [0, 0.1) is 11.3 Å². The van der Waals surface area contributed by atoms with E-state index in [1.807, 2.05) is 27.7 Å². The summed E-state index contributed by atoms with van der Waals surface area (Å²) < 4.78 is 0. The van der Waals surface area contributed by atoms with Crippen LogP contribution in [0.5, 0.6) is 0 Å². The Morgan fingerprint density at radius 2 is 2.00 bits per heavy atom. The molecule has 0 aromatic rings. The fraction of sp³-hybridized carbons (Fsp3) is 0.700. The third-order valence-electron chi connectivity index (χ3n) is 2.02. The predicted molar refractivity (Wildman–Crippen MR) is 58.2 cm³/mol. The lowest BCUT2D eigenvalue weighted by atomic mass is 9.79. The predicted octanol–water partition coefficient (Wildman–Crippen LogP) is 2.61. The van der Waals surface area contributed by atoms with E-state index < -0.39 is 11.9 Å². The van der Waals surface area contributed by atoms with Crippen LogP contribution in [0.15, 0.2) is 11.6 Å². The van der Waals surface area contributed by atoms with Crippen molar-refractivity contribution in [1.82, 2.24) is 0 Å². The molecule has 0 saturated carbocycles. The molecule has 1 N–H and O–H groups in total. The van der Waals surface area contributed by atoms with Crippen LogP contribution in [0.4, 0.5) is 0 Å². The molecule has 1 atom stereocenters. The monoisotopic (exact) mass is 202 g/mol. The molecule has 0 aliphatic heterocycles. The third-order valence-corrected chi connectivity index (χ3v) is 2.83. The fourth-order valence-corrected chi connectivity index (χ4v) is 1.26. The van der Waals surface area contributed by atoms with Crippen LogP contribution in [-0.2, 0) is 4.79 Å². The normalized spacial score (nSPS) is 13.6. The Bertz CT molecular complexity index is 215. The molecule has 0 fully saturated rings. The van der Waals surface area contributed by atoms with Crippen molar-refractivity contribution in [3.8, 4) is 0 Å². The topological polar surface area (TPSA) is 37.3 Å². The van der Waals surface area contributed by atoms with Crippen LogP contribution in [0.2, 0.25) is 0 Å². The number of allylic oxidation sites excluding steroid dienone is 1. The zero-order valence-electron chi connectivity index (χ0n) is 8.66. The van der Waals surface area contributed by atoms with Crippen LogP contribution in [0.1, 0.15) is 27.7 Å². The Labute approximate surface area is 85.4 Å². The summed E-state index contributed by atoms with van der Waals surface area (Å²) in [5, 5.41) is 9.01. The molecule has 1 unspecified atom stereocenters. The molecule has 0 amide bonds. The van der Waals surface area contributed by atoms with Gasteiger partial charge in [-0.3, -0.25) is 4.79 Å². The Morgan fingerprint density at radius 3 is 2.23 bits per heavy atom. The van der Waals surface area contributed by atoms with Gasteiger partial charge >= 0.3 is 5.97 Å². The molecule has 0 aliphatic carbocycles. The van der Waals surface area contributed by atoms with Crippen LogP contribution < -0.4 is 0 Å². The first kappa shape index (κ1) is 12.6. The zero-order valence-corrected chi connectivity index (χ0v) is 9.56. The highest BCUT2D eigenvalue weighted by Crippen LogP contribution is 2.30. The third kappa shape index (κ3) is 3.85.